The van der Waals surface area contributed by atoms with E-state index in [0.29, 0.717) is 5.56 Å². The molecule has 0 aliphatic rings. The van der Waals surface area contributed by atoms with Crippen LogP contribution in [-0.4, -0.2) is 17.1 Å². The monoisotopic (exact) mass is 392 g/mol. The minimum atomic E-state index is -4.53. The van der Waals surface area contributed by atoms with Crippen LogP contribution in [0.3, 0.4) is 0 Å². The summed E-state index contributed by atoms with van der Waals surface area (Å²) in [6, 6.07) is 10.3. The Morgan fingerprint density at radius 3 is 2.54 bits per heavy atom. The lowest BCUT2D eigenvalue weighted by Gasteiger charge is -2.09. The number of non-ortho nitro benzene ring substituents is 1. The molecule has 0 saturated heterocycles. The van der Waals surface area contributed by atoms with Crippen LogP contribution in [0.5, 0.6) is 5.75 Å². The number of hydrogen-bond acceptors (Lipinski definition) is 5. The van der Waals surface area contributed by atoms with Gasteiger partial charge in [0.15, 0.2) is 11.5 Å². The molecule has 0 aliphatic heterocycles. The third-order valence-corrected chi connectivity index (χ3v) is 4.14. The van der Waals surface area contributed by atoms with Crippen LogP contribution in [0, 0.1) is 10.1 Å². The first-order valence-electron chi connectivity index (χ1n) is 8.14. The maximum Gasteiger partial charge on any atom is 0.416 e. The van der Waals surface area contributed by atoms with E-state index in [1.165, 1.54) is 37.4 Å². The number of alkyl halides is 3. The number of furan rings is 1. The van der Waals surface area contributed by atoms with Crippen LogP contribution in [0.1, 0.15) is 16.9 Å². The number of nitrogens with one attached hydrogen (secondary N) is 1. The molecule has 0 atom stereocenters. The van der Waals surface area contributed by atoms with Gasteiger partial charge in [-0.2, -0.15) is 13.2 Å². The first-order chi connectivity index (χ1) is 13.2. The largest absolute Gasteiger partial charge is 0.504 e. The Balaban J connectivity index is 2.03. The summed E-state index contributed by atoms with van der Waals surface area (Å²) in [7, 11) is 1.51. The zero-order chi connectivity index (χ0) is 20.5. The standard InChI is InChI=1S/C19H15F3N2O4/c1-23-18-16(12-5-3-6-13(10-12)19(20,21)22)17(25)15(28-18)9-11-4-2-7-14(8-11)24(26)27/h2-8,10,23,25H,9H2,1H3. The van der Waals surface area contributed by atoms with Crippen LogP contribution in [-0.2, 0) is 12.6 Å². The SMILES string of the molecule is CNc1oc(Cc2cccc([N+](=O)[O-])c2)c(O)c1-c1cccc(C(F)(F)F)c1. The Morgan fingerprint density at radius 2 is 1.89 bits per heavy atom. The molecule has 3 rings (SSSR count). The van der Waals surface area contributed by atoms with Crippen molar-refractivity contribution >= 4 is 11.6 Å². The van der Waals surface area contributed by atoms with Crippen LogP contribution in [0.2, 0.25) is 0 Å². The summed E-state index contributed by atoms with van der Waals surface area (Å²) < 4.78 is 44.6. The molecule has 28 heavy (non-hydrogen) atoms. The highest BCUT2D eigenvalue weighted by Gasteiger charge is 2.31. The molecule has 0 saturated carbocycles. The molecular weight excluding hydrogens is 377 g/mol. The van der Waals surface area contributed by atoms with Gasteiger partial charge in [-0.15, -0.1) is 0 Å². The number of halogens is 3. The highest BCUT2D eigenvalue weighted by molar-refractivity contribution is 5.81. The van der Waals surface area contributed by atoms with Gasteiger partial charge in [-0.05, 0) is 23.3 Å². The van der Waals surface area contributed by atoms with Crippen molar-refractivity contribution < 1.29 is 27.6 Å². The maximum absolute atomic E-state index is 13.0. The van der Waals surface area contributed by atoms with E-state index < -0.39 is 16.7 Å². The quantitative estimate of drug-likeness (QED) is 0.460. The average molecular weight is 392 g/mol. The van der Waals surface area contributed by atoms with Gasteiger partial charge in [-0.25, -0.2) is 0 Å². The molecule has 0 aliphatic carbocycles. The zero-order valence-electron chi connectivity index (χ0n) is 14.6. The molecule has 1 aromatic heterocycles. The fourth-order valence-electron chi connectivity index (χ4n) is 2.85. The van der Waals surface area contributed by atoms with Gasteiger partial charge in [-0.3, -0.25) is 10.1 Å². The number of rotatable bonds is 5. The summed E-state index contributed by atoms with van der Waals surface area (Å²) in [4.78, 5) is 10.4. The fourth-order valence-corrected chi connectivity index (χ4v) is 2.85. The second-order valence-corrected chi connectivity index (χ2v) is 6.01. The van der Waals surface area contributed by atoms with Crippen molar-refractivity contribution in [3.8, 4) is 16.9 Å². The van der Waals surface area contributed by atoms with E-state index in [-0.39, 0.29) is 40.6 Å². The van der Waals surface area contributed by atoms with Crippen LogP contribution in [0.15, 0.2) is 52.9 Å². The fraction of sp³-hybridized carbons (Fsp3) is 0.158. The summed E-state index contributed by atoms with van der Waals surface area (Å²) in [5.74, 6) is -0.148. The highest BCUT2D eigenvalue weighted by atomic mass is 19.4. The molecule has 0 bridgehead atoms. The van der Waals surface area contributed by atoms with E-state index in [4.69, 9.17) is 4.42 Å². The second-order valence-electron chi connectivity index (χ2n) is 6.01. The molecule has 0 spiro atoms. The molecule has 9 heteroatoms. The van der Waals surface area contributed by atoms with E-state index in [0.717, 1.165) is 12.1 Å². The molecule has 3 aromatic rings. The van der Waals surface area contributed by atoms with Crippen molar-refractivity contribution in [1.29, 1.82) is 0 Å². The minimum Gasteiger partial charge on any atom is -0.504 e. The first-order valence-corrected chi connectivity index (χ1v) is 8.14. The molecule has 0 amide bonds. The van der Waals surface area contributed by atoms with Gasteiger partial charge in [0.2, 0.25) is 5.88 Å². The number of nitro groups is 1. The molecule has 146 valence electrons. The Labute approximate surface area is 157 Å². The van der Waals surface area contributed by atoms with E-state index >= 15 is 0 Å². The minimum absolute atomic E-state index is 0.0289. The number of nitrogens with zero attached hydrogens (tertiary/aromatic N) is 1. The summed E-state index contributed by atoms with van der Waals surface area (Å²) in [6.07, 6.45) is -4.50. The van der Waals surface area contributed by atoms with Crippen LogP contribution in [0.4, 0.5) is 24.7 Å². The molecule has 2 aromatic carbocycles. The van der Waals surface area contributed by atoms with Crippen LogP contribution >= 0.6 is 0 Å². The lowest BCUT2D eigenvalue weighted by molar-refractivity contribution is -0.384. The predicted molar refractivity (Wildman–Crippen MR) is 96.3 cm³/mol. The Kier molecular flexibility index (Phi) is 5.00. The number of benzene rings is 2. The molecule has 0 fully saturated rings. The van der Waals surface area contributed by atoms with E-state index in [1.807, 2.05) is 0 Å². The van der Waals surface area contributed by atoms with Crippen LogP contribution in [0.25, 0.3) is 11.1 Å². The maximum atomic E-state index is 13.0. The van der Waals surface area contributed by atoms with Crippen molar-refractivity contribution in [1.82, 2.24) is 0 Å². The molecule has 2 N–H and O–H groups in total. The van der Waals surface area contributed by atoms with Crippen molar-refractivity contribution in [2.75, 3.05) is 12.4 Å². The highest BCUT2D eigenvalue weighted by Crippen LogP contribution is 2.43. The normalized spacial score (nSPS) is 11.4. The molecule has 0 radical (unpaired) electrons. The Hall–Kier alpha value is -3.49. The van der Waals surface area contributed by atoms with E-state index in [2.05, 4.69) is 5.32 Å². The predicted octanol–water partition coefficient (Wildman–Crippen LogP) is 5.21. The van der Waals surface area contributed by atoms with Crippen molar-refractivity contribution in [3.63, 3.8) is 0 Å². The zero-order valence-corrected chi connectivity index (χ0v) is 14.6. The first kappa shape index (κ1) is 19.3. The van der Waals surface area contributed by atoms with E-state index in [1.54, 1.807) is 6.07 Å². The van der Waals surface area contributed by atoms with Gasteiger partial charge >= 0.3 is 6.18 Å². The van der Waals surface area contributed by atoms with Crippen molar-refractivity contribution in [2.45, 2.75) is 12.6 Å². The molecule has 0 unspecified atom stereocenters. The lowest BCUT2D eigenvalue weighted by atomic mass is 10.0. The second kappa shape index (κ2) is 7.26. The van der Waals surface area contributed by atoms with Gasteiger partial charge in [-0.1, -0.05) is 24.3 Å². The van der Waals surface area contributed by atoms with Gasteiger partial charge in [0.05, 0.1) is 16.1 Å². The molecule has 1 heterocycles. The van der Waals surface area contributed by atoms with Gasteiger partial charge in [0.25, 0.3) is 5.69 Å². The van der Waals surface area contributed by atoms with Gasteiger partial charge in [0, 0.05) is 25.6 Å². The molecule has 6 nitrogen and oxygen atoms in total. The summed E-state index contributed by atoms with van der Waals surface area (Å²) >= 11 is 0. The Morgan fingerprint density at radius 1 is 1.18 bits per heavy atom. The third-order valence-electron chi connectivity index (χ3n) is 4.14. The van der Waals surface area contributed by atoms with Crippen molar-refractivity contribution in [2.24, 2.45) is 0 Å². The topological polar surface area (TPSA) is 88.5 Å². The molecular formula is C19H15F3N2O4. The number of anilines is 1. The van der Waals surface area contributed by atoms with Crippen molar-refractivity contribution in [3.05, 3.63) is 75.5 Å². The number of hydrogen-bond donors (Lipinski definition) is 2. The lowest BCUT2D eigenvalue weighted by Crippen LogP contribution is -2.04. The average Bonchev–Trinajstić information content (AvgIpc) is 2.97. The number of nitro benzene ring substituents is 1. The van der Waals surface area contributed by atoms with Gasteiger partial charge < -0.3 is 14.8 Å². The van der Waals surface area contributed by atoms with Gasteiger partial charge in [0.1, 0.15) is 0 Å². The summed E-state index contributed by atoms with van der Waals surface area (Å²) in [6.45, 7) is 0. The van der Waals surface area contributed by atoms with E-state index in [9.17, 15) is 28.4 Å². The summed E-state index contributed by atoms with van der Waals surface area (Å²) in [5, 5.41) is 24.2. The smallest absolute Gasteiger partial charge is 0.416 e. The summed E-state index contributed by atoms with van der Waals surface area (Å²) in [5.41, 5.74) is -0.236. The Bertz CT molecular complexity index is 1030. The number of aromatic hydroxyl groups is 1. The third kappa shape index (κ3) is 3.78. The van der Waals surface area contributed by atoms with Crippen LogP contribution < -0.4 is 5.32 Å².